The fourth-order valence-corrected chi connectivity index (χ4v) is 1.01. The molecule has 0 heterocycles. The van der Waals surface area contributed by atoms with Crippen LogP contribution in [0.5, 0.6) is 5.75 Å². The number of hydrogen-bond acceptors (Lipinski definition) is 3. The Hall–Kier alpha value is -1.55. The van der Waals surface area contributed by atoms with Gasteiger partial charge in [-0.15, -0.1) is 0 Å². The largest absolute Gasteiger partial charge is 0.493 e. The van der Waals surface area contributed by atoms with E-state index < -0.39 is 0 Å². The molecule has 0 aromatic heterocycles. The van der Waals surface area contributed by atoms with Crippen molar-refractivity contribution >= 4 is 5.84 Å². The van der Waals surface area contributed by atoms with Crippen LogP contribution in [0.3, 0.4) is 0 Å². The first-order valence-corrected chi connectivity index (χ1v) is 4.38. The molecule has 0 unspecified atom stereocenters. The smallest absolute Gasteiger partial charge is 0.119 e. The van der Waals surface area contributed by atoms with E-state index in [9.17, 15) is 0 Å². The Morgan fingerprint density at radius 3 is 2.93 bits per heavy atom. The molecule has 0 saturated heterocycles. The molecule has 1 rings (SSSR count). The molecule has 1 aromatic rings. The molecule has 14 heavy (non-hydrogen) atoms. The summed E-state index contributed by atoms with van der Waals surface area (Å²) in [6, 6.07) is 7.20. The van der Waals surface area contributed by atoms with Crippen molar-refractivity contribution in [2.45, 2.75) is 13.0 Å². The number of aliphatic hydroxyl groups excluding tert-OH is 1. The summed E-state index contributed by atoms with van der Waals surface area (Å²) in [5.41, 5.74) is 5.99. The second kappa shape index (κ2) is 5.24. The maximum Gasteiger partial charge on any atom is 0.119 e. The summed E-state index contributed by atoms with van der Waals surface area (Å²) >= 11 is 0. The highest BCUT2D eigenvalue weighted by molar-refractivity contribution is 5.76. The molecule has 4 heteroatoms. The highest BCUT2D eigenvalue weighted by Gasteiger charge is 1.96. The standard InChI is InChI=1S/C10H14N2O2/c11-10(12)4-5-14-9-3-1-2-8(6-9)7-13/h1-3,6,13H,4-5,7H2,(H3,11,12). The summed E-state index contributed by atoms with van der Waals surface area (Å²) in [6.07, 6.45) is 0.420. The third kappa shape index (κ3) is 3.45. The number of benzene rings is 1. The van der Waals surface area contributed by atoms with Gasteiger partial charge in [0.05, 0.1) is 19.0 Å². The number of nitrogens with one attached hydrogen (secondary N) is 1. The van der Waals surface area contributed by atoms with Gasteiger partial charge in [-0.3, -0.25) is 5.41 Å². The normalized spacial score (nSPS) is 9.79. The number of ether oxygens (including phenoxy) is 1. The fraction of sp³-hybridized carbons (Fsp3) is 0.300. The second-order valence-corrected chi connectivity index (χ2v) is 2.93. The average Bonchev–Trinajstić information content (AvgIpc) is 2.18. The maximum absolute atomic E-state index is 8.87. The van der Waals surface area contributed by atoms with Crippen LogP contribution in [0.2, 0.25) is 0 Å². The minimum Gasteiger partial charge on any atom is -0.493 e. The molecule has 0 aliphatic heterocycles. The fourth-order valence-electron chi connectivity index (χ4n) is 1.01. The maximum atomic E-state index is 8.87. The van der Waals surface area contributed by atoms with Crippen LogP contribution >= 0.6 is 0 Å². The van der Waals surface area contributed by atoms with Crippen molar-refractivity contribution in [3.05, 3.63) is 29.8 Å². The van der Waals surface area contributed by atoms with E-state index in [1.807, 2.05) is 12.1 Å². The predicted molar refractivity (Wildman–Crippen MR) is 54.4 cm³/mol. The van der Waals surface area contributed by atoms with E-state index in [4.69, 9.17) is 21.0 Å². The number of hydrogen-bond donors (Lipinski definition) is 3. The van der Waals surface area contributed by atoms with Crippen LogP contribution in [0.4, 0.5) is 0 Å². The molecule has 0 amide bonds. The van der Waals surface area contributed by atoms with E-state index >= 15 is 0 Å². The van der Waals surface area contributed by atoms with Crippen molar-refractivity contribution in [1.29, 1.82) is 5.41 Å². The van der Waals surface area contributed by atoms with E-state index in [0.29, 0.717) is 18.8 Å². The molecule has 4 N–H and O–H groups in total. The van der Waals surface area contributed by atoms with E-state index in [1.165, 1.54) is 0 Å². The molecule has 0 atom stereocenters. The second-order valence-electron chi connectivity index (χ2n) is 2.93. The van der Waals surface area contributed by atoms with Gasteiger partial charge in [-0.25, -0.2) is 0 Å². The van der Waals surface area contributed by atoms with Crippen LogP contribution in [0.15, 0.2) is 24.3 Å². The third-order valence-corrected chi connectivity index (χ3v) is 1.72. The topological polar surface area (TPSA) is 79.3 Å². The molecule has 0 fully saturated rings. The van der Waals surface area contributed by atoms with Crippen molar-refractivity contribution in [3.8, 4) is 5.75 Å². The van der Waals surface area contributed by atoms with Gasteiger partial charge < -0.3 is 15.6 Å². The van der Waals surface area contributed by atoms with Gasteiger partial charge in [0.25, 0.3) is 0 Å². The van der Waals surface area contributed by atoms with Crippen LogP contribution in [0.1, 0.15) is 12.0 Å². The first-order chi connectivity index (χ1) is 6.72. The van der Waals surface area contributed by atoms with Crippen LogP contribution in [-0.2, 0) is 6.61 Å². The summed E-state index contributed by atoms with van der Waals surface area (Å²) in [4.78, 5) is 0. The van der Waals surface area contributed by atoms with Gasteiger partial charge in [0, 0.05) is 6.42 Å². The summed E-state index contributed by atoms with van der Waals surface area (Å²) in [7, 11) is 0. The lowest BCUT2D eigenvalue weighted by Crippen LogP contribution is -2.13. The third-order valence-electron chi connectivity index (χ3n) is 1.72. The first kappa shape index (κ1) is 10.5. The van der Waals surface area contributed by atoms with Crippen LogP contribution in [0.25, 0.3) is 0 Å². The molecule has 76 valence electrons. The first-order valence-electron chi connectivity index (χ1n) is 4.38. The molecule has 0 bridgehead atoms. The molecule has 0 radical (unpaired) electrons. The summed E-state index contributed by atoms with van der Waals surface area (Å²) in [5, 5.41) is 15.9. The molecule has 4 nitrogen and oxygen atoms in total. The zero-order valence-corrected chi connectivity index (χ0v) is 7.86. The van der Waals surface area contributed by atoms with Crippen molar-refractivity contribution in [3.63, 3.8) is 0 Å². The summed E-state index contributed by atoms with van der Waals surface area (Å²) in [6.45, 7) is 0.397. The Balaban J connectivity index is 2.46. The lowest BCUT2D eigenvalue weighted by atomic mass is 10.2. The average molecular weight is 194 g/mol. The minimum atomic E-state index is 0.00388. The van der Waals surface area contributed by atoms with E-state index in [1.54, 1.807) is 12.1 Å². The monoisotopic (exact) mass is 194 g/mol. The number of aliphatic hydroxyl groups is 1. The van der Waals surface area contributed by atoms with Crippen molar-refractivity contribution in [2.24, 2.45) is 5.73 Å². The Morgan fingerprint density at radius 1 is 1.50 bits per heavy atom. The van der Waals surface area contributed by atoms with Gasteiger partial charge >= 0.3 is 0 Å². The van der Waals surface area contributed by atoms with Crippen molar-refractivity contribution in [1.82, 2.24) is 0 Å². The SMILES string of the molecule is N=C(N)CCOc1cccc(CO)c1. The highest BCUT2D eigenvalue weighted by atomic mass is 16.5. The number of rotatable bonds is 5. The highest BCUT2D eigenvalue weighted by Crippen LogP contribution is 2.13. The number of nitrogens with two attached hydrogens (primary N) is 1. The van der Waals surface area contributed by atoms with Gasteiger partial charge in [0.1, 0.15) is 5.75 Å². The van der Waals surface area contributed by atoms with Gasteiger partial charge in [0.2, 0.25) is 0 Å². The van der Waals surface area contributed by atoms with Crippen LogP contribution < -0.4 is 10.5 Å². The van der Waals surface area contributed by atoms with Gasteiger partial charge in [-0.05, 0) is 17.7 Å². The summed E-state index contributed by atoms with van der Waals surface area (Å²) < 4.78 is 5.33. The van der Waals surface area contributed by atoms with Crippen LogP contribution in [-0.4, -0.2) is 17.5 Å². The molecule has 0 saturated carbocycles. The molecular weight excluding hydrogens is 180 g/mol. The Bertz CT molecular complexity index is 313. The predicted octanol–water partition coefficient (Wildman–Crippen LogP) is 0.884. The van der Waals surface area contributed by atoms with Crippen molar-refractivity contribution in [2.75, 3.05) is 6.61 Å². The Labute approximate surface area is 82.8 Å². The summed E-state index contributed by atoms with van der Waals surface area (Å²) in [5.74, 6) is 0.807. The molecular formula is C10H14N2O2. The van der Waals surface area contributed by atoms with Gasteiger partial charge in [-0.1, -0.05) is 12.1 Å². The number of amidine groups is 1. The van der Waals surface area contributed by atoms with Gasteiger partial charge in [0.15, 0.2) is 0 Å². The zero-order chi connectivity index (χ0) is 10.4. The lowest BCUT2D eigenvalue weighted by molar-refractivity contribution is 0.279. The van der Waals surface area contributed by atoms with E-state index in [0.717, 1.165) is 5.56 Å². The zero-order valence-electron chi connectivity index (χ0n) is 7.86. The van der Waals surface area contributed by atoms with E-state index in [2.05, 4.69) is 0 Å². The molecule has 0 spiro atoms. The quantitative estimate of drug-likeness (QED) is 0.481. The minimum absolute atomic E-state index is 0.00388. The Morgan fingerprint density at radius 2 is 2.29 bits per heavy atom. The van der Waals surface area contributed by atoms with Crippen molar-refractivity contribution < 1.29 is 9.84 Å². The van der Waals surface area contributed by atoms with Crippen LogP contribution in [0, 0.1) is 5.41 Å². The molecule has 1 aromatic carbocycles. The lowest BCUT2D eigenvalue weighted by Gasteiger charge is -2.06. The molecule has 0 aliphatic carbocycles. The van der Waals surface area contributed by atoms with Gasteiger partial charge in [-0.2, -0.15) is 0 Å². The Kier molecular flexibility index (Phi) is 3.94. The molecule has 0 aliphatic rings. The van der Waals surface area contributed by atoms with E-state index in [-0.39, 0.29) is 12.4 Å².